The molecule has 0 unspecified atom stereocenters. The third-order valence-electron chi connectivity index (χ3n) is 6.33. The molecule has 1 aromatic carbocycles. The van der Waals surface area contributed by atoms with Crippen molar-refractivity contribution in [3.05, 3.63) is 81.8 Å². The third kappa shape index (κ3) is 5.79. The molecule has 4 rings (SSSR count). The van der Waals surface area contributed by atoms with Crippen LogP contribution in [0, 0.1) is 17.1 Å². The van der Waals surface area contributed by atoms with E-state index < -0.39 is 0 Å². The minimum Gasteiger partial charge on any atom is -0.336 e. The predicted octanol–water partition coefficient (Wildman–Crippen LogP) is 4.63. The van der Waals surface area contributed by atoms with E-state index in [1.54, 1.807) is 34.4 Å². The van der Waals surface area contributed by atoms with Gasteiger partial charge in [0.15, 0.2) is 0 Å². The minimum atomic E-state index is -0.351. The average Bonchev–Trinajstić information content (AvgIpc) is 3.54. The van der Waals surface area contributed by atoms with Gasteiger partial charge in [-0.15, -0.1) is 0 Å². The fourth-order valence-electron chi connectivity index (χ4n) is 4.31. The first-order chi connectivity index (χ1) is 17.2. The number of imidazole rings is 1. The Hall–Kier alpha value is -3.59. The van der Waals surface area contributed by atoms with Gasteiger partial charge >= 0.3 is 0 Å². The quantitative estimate of drug-likeness (QED) is 0.457. The Balaban J connectivity index is 1.43. The Bertz CT molecular complexity index is 1260. The van der Waals surface area contributed by atoms with Crippen molar-refractivity contribution in [1.82, 2.24) is 19.8 Å². The maximum Gasteiger partial charge on any atom is 0.272 e. The number of aromatic nitrogens is 2. The summed E-state index contributed by atoms with van der Waals surface area (Å²) in [5, 5.41) is 12.4. The van der Waals surface area contributed by atoms with E-state index in [0.717, 1.165) is 11.1 Å². The van der Waals surface area contributed by atoms with E-state index >= 15 is 0 Å². The molecule has 1 saturated heterocycles. The van der Waals surface area contributed by atoms with E-state index in [9.17, 15) is 14.0 Å². The van der Waals surface area contributed by atoms with Crippen LogP contribution in [-0.2, 0) is 11.2 Å². The Morgan fingerprint density at radius 1 is 1.25 bits per heavy atom. The molecule has 0 aliphatic carbocycles. The lowest BCUT2D eigenvalue weighted by Gasteiger charge is -2.39. The number of aromatic amines is 1. The van der Waals surface area contributed by atoms with Crippen LogP contribution >= 0.6 is 11.3 Å². The minimum absolute atomic E-state index is 0.0395. The van der Waals surface area contributed by atoms with Gasteiger partial charge in [-0.05, 0) is 76.7 Å². The number of hydrogen-bond acceptors (Lipinski definition) is 5. The summed E-state index contributed by atoms with van der Waals surface area (Å²) in [6.07, 6.45) is 3.60. The van der Waals surface area contributed by atoms with E-state index in [4.69, 9.17) is 5.41 Å². The topological polar surface area (TPSA) is 93.2 Å². The highest BCUT2D eigenvalue weighted by atomic mass is 32.1. The molecular formula is C27H30FN5O2S. The Labute approximate surface area is 214 Å². The van der Waals surface area contributed by atoms with E-state index in [-0.39, 0.29) is 35.3 Å². The number of piperazine rings is 1. The zero-order chi connectivity index (χ0) is 25.8. The Morgan fingerprint density at radius 3 is 2.64 bits per heavy atom. The van der Waals surface area contributed by atoms with Gasteiger partial charge in [-0.1, -0.05) is 13.8 Å². The molecule has 1 aliphatic heterocycles. The van der Waals surface area contributed by atoms with Crippen LogP contribution in [0.3, 0.4) is 0 Å². The van der Waals surface area contributed by atoms with Gasteiger partial charge in [0, 0.05) is 25.7 Å². The second kappa shape index (κ2) is 11.0. The van der Waals surface area contributed by atoms with E-state index in [2.05, 4.69) is 9.97 Å². The number of amides is 2. The van der Waals surface area contributed by atoms with Crippen molar-refractivity contribution >= 4 is 34.4 Å². The molecule has 2 amide bonds. The molecule has 0 bridgehead atoms. The molecular weight excluding hydrogens is 477 g/mol. The Morgan fingerprint density at radius 2 is 2.00 bits per heavy atom. The summed E-state index contributed by atoms with van der Waals surface area (Å²) in [6.45, 7) is 7.33. The van der Waals surface area contributed by atoms with Crippen molar-refractivity contribution in [3.8, 4) is 0 Å². The van der Waals surface area contributed by atoms with Crippen molar-refractivity contribution in [2.45, 2.75) is 33.2 Å². The average molecular weight is 508 g/mol. The van der Waals surface area contributed by atoms with Gasteiger partial charge in [0.2, 0.25) is 5.91 Å². The van der Waals surface area contributed by atoms with Gasteiger partial charge in [0.1, 0.15) is 17.3 Å². The third-order valence-corrected chi connectivity index (χ3v) is 7.06. The highest BCUT2D eigenvalue weighted by molar-refractivity contribution is 7.08. The largest absolute Gasteiger partial charge is 0.336 e. The molecule has 0 spiro atoms. The van der Waals surface area contributed by atoms with Crippen molar-refractivity contribution in [1.29, 1.82) is 5.41 Å². The zero-order valence-corrected chi connectivity index (χ0v) is 21.4. The second-order valence-corrected chi connectivity index (χ2v) is 10.1. The summed E-state index contributed by atoms with van der Waals surface area (Å²) in [5.74, 6) is 0.126. The van der Waals surface area contributed by atoms with Gasteiger partial charge in [-0.3, -0.25) is 9.59 Å². The van der Waals surface area contributed by atoms with Crippen LogP contribution in [-0.4, -0.2) is 63.0 Å². The van der Waals surface area contributed by atoms with Crippen LogP contribution in [0.2, 0.25) is 0 Å². The first-order valence-corrected chi connectivity index (χ1v) is 12.9. The number of rotatable bonds is 7. The zero-order valence-electron chi connectivity index (χ0n) is 20.6. The number of benzene rings is 1. The highest BCUT2D eigenvalue weighted by Gasteiger charge is 2.31. The number of carbonyl (C=O) groups excluding carboxylic acids is 2. The number of allylic oxidation sites excluding steroid dienone is 2. The van der Waals surface area contributed by atoms with Crippen LogP contribution in [0.5, 0.6) is 0 Å². The summed E-state index contributed by atoms with van der Waals surface area (Å²) in [6, 6.07) is 7.66. The summed E-state index contributed by atoms with van der Waals surface area (Å²) < 4.78 is 13.2. The molecule has 1 atom stereocenters. The maximum atomic E-state index is 13.2. The smallest absolute Gasteiger partial charge is 0.272 e. The first kappa shape index (κ1) is 25.5. The number of thiophene rings is 1. The van der Waals surface area contributed by atoms with Crippen LogP contribution in [0.4, 0.5) is 4.39 Å². The molecule has 188 valence electrons. The van der Waals surface area contributed by atoms with Crippen molar-refractivity contribution in [2.75, 3.05) is 19.6 Å². The second-order valence-electron chi connectivity index (χ2n) is 9.32. The number of nitrogens with one attached hydrogen (secondary N) is 2. The van der Waals surface area contributed by atoms with Crippen molar-refractivity contribution < 1.29 is 14.0 Å². The summed E-state index contributed by atoms with van der Waals surface area (Å²) in [5.41, 5.74) is 3.00. The number of nitrogens with zero attached hydrogens (tertiary/aromatic N) is 3. The SMILES string of the molecule is CC(C)/C(=C/C(=N)c1ccc(F)cc1)c1ncc(C(=O)N2CCN(C(=O)Cc3ccsc3)[C@@H](C)C2)[nH]1. The van der Waals surface area contributed by atoms with Gasteiger partial charge < -0.3 is 20.2 Å². The van der Waals surface area contributed by atoms with Gasteiger partial charge in [0.05, 0.1) is 18.3 Å². The molecule has 7 nitrogen and oxygen atoms in total. The van der Waals surface area contributed by atoms with Crippen LogP contribution in [0.1, 0.15) is 48.2 Å². The monoisotopic (exact) mass is 507 g/mol. The molecule has 1 fully saturated rings. The first-order valence-electron chi connectivity index (χ1n) is 11.9. The molecule has 0 saturated carbocycles. The Kier molecular flexibility index (Phi) is 7.79. The lowest BCUT2D eigenvalue weighted by molar-refractivity contribution is -0.134. The predicted molar refractivity (Wildman–Crippen MR) is 140 cm³/mol. The van der Waals surface area contributed by atoms with E-state index in [1.807, 2.05) is 42.5 Å². The standard InChI is InChI=1S/C27H30FN5O2S/c1-17(2)22(13-23(29)20-4-6-21(28)7-5-20)26-30-14-24(31-26)27(35)32-9-10-33(18(3)15-32)25(34)12-19-8-11-36-16-19/h4-8,11,13-14,16-18,29H,9-10,12,15H2,1-3H3,(H,30,31)/b22-13-,29-23?/t18-/m0/s1. The van der Waals surface area contributed by atoms with Crippen LogP contribution in [0.25, 0.3) is 5.57 Å². The molecule has 1 aliphatic rings. The number of carbonyl (C=O) groups is 2. The van der Waals surface area contributed by atoms with Crippen molar-refractivity contribution in [2.24, 2.45) is 5.92 Å². The van der Waals surface area contributed by atoms with Crippen LogP contribution < -0.4 is 0 Å². The van der Waals surface area contributed by atoms with Gasteiger partial charge in [-0.2, -0.15) is 11.3 Å². The molecule has 9 heteroatoms. The fourth-order valence-corrected chi connectivity index (χ4v) is 4.97. The molecule has 2 N–H and O–H groups in total. The number of hydrogen-bond donors (Lipinski definition) is 2. The van der Waals surface area contributed by atoms with Crippen LogP contribution in [0.15, 0.2) is 53.4 Å². The van der Waals surface area contributed by atoms with Crippen molar-refractivity contribution in [3.63, 3.8) is 0 Å². The number of halogens is 1. The summed E-state index contributed by atoms with van der Waals surface area (Å²) in [4.78, 5) is 37.1. The van der Waals surface area contributed by atoms with E-state index in [1.165, 1.54) is 18.3 Å². The molecule has 0 radical (unpaired) electrons. The molecule has 3 aromatic rings. The molecule has 2 aromatic heterocycles. The number of H-pyrrole nitrogens is 1. The molecule has 3 heterocycles. The molecule has 36 heavy (non-hydrogen) atoms. The summed E-state index contributed by atoms with van der Waals surface area (Å²) in [7, 11) is 0. The van der Waals surface area contributed by atoms with Gasteiger partial charge in [-0.25, -0.2) is 9.37 Å². The van der Waals surface area contributed by atoms with Gasteiger partial charge in [0.25, 0.3) is 5.91 Å². The highest BCUT2D eigenvalue weighted by Crippen LogP contribution is 2.23. The fraction of sp³-hybridized carbons (Fsp3) is 0.333. The maximum absolute atomic E-state index is 13.2. The summed E-state index contributed by atoms with van der Waals surface area (Å²) >= 11 is 1.58. The lowest BCUT2D eigenvalue weighted by Crippen LogP contribution is -2.55. The lowest BCUT2D eigenvalue weighted by atomic mass is 9.98. The normalized spacial score (nSPS) is 16.5. The van der Waals surface area contributed by atoms with E-state index in [0.29, 0.717) is 43.1 Å².